The fourth-order valence-corrected chi connectivity index (χ4v) is 1.78. The second kappa shape index (κ2) is 6.48. The summed E-state index contributed by atoms with van der Waals surface area (Å²) in [5.41, 5.74) is 0. The van der Waals surface area contributed by atoms with Gasteiger partial charge in [0.15, 0.2) is 0 Å². The molecule has 0 saturated carbocycles. The molecular formula is C11H19NO4. The van der Waals surface area contributed by atoms with Gasteiger partial charge in [0, 0.05) is 19.7 Å². The van der Waals surface area contributed by atoms with Crippen LogP contribution in [-0.4, -0.2) is 49.2 Å². The van der Waals surface area contributed by atoms with Gasteiger partial charge in [-0.1, -0.05) is 0 Å². The van der Waals surface area contributed by atoms with Gasteiger partial charge in [-0.25, -0.2) is 4.79 Å². The summed E-state index contributed by atoms with van der Waals surface area (Å²) in [5.74, 6) is -1.28. The molecule has 92 valence electrons. The van der Waals surface area contributed by atoms with E-state index in [1.54, 1.807) is 6.92 Å². The summed E-state index contributed by atoms with van der Waals surface area (Å²) in [5, 5.41) is 0. The van der Waals surface area contributed by atoms with Crippen molar-refractivity contribution < 1.29 is 19.1 Å². The van der Waals surface area contributed by atoms with Gasteiger partial charge in [-0.2, -0.15) is 0 Å². The SMILES string of the molecule is CCOC(=O)C(=O)N1CCC(OCC)CC1. The van der Waals surface area contributed by atoms with Crippen LogP contribution in [0.5, 0.6) is 0 Å². The number of ether oxygens (including phenoxy) is 2. The fraction of sp³-hybridized carbons (Fsp3) is 0.818. The van der Waals surface area contributed by atoms with Gasteiger partial charge in [0.25, 0.3) is 0 Å². The number of piperidine rings is 1. The summed E-state index contributed by atoms with van der Waals surface area (Å²) in [4.78, 5) is 24.3. The van der Waals surface area contributed by atoms with Gasteiger partial charge < -0.3 is 14.4 Å². The molecule has 1 saturated heterocycles. The van der Waals surface area contributed by atoms with Crippen molar-refractivity contribution in [2.75, 3.05) is 26.3 Å². The first-order valence-electron chi connectivity index (χ1n) is 5.76. The lowest BCUT2D eigenvalue weighted by Crippen LogP contribution is -2.44. The van der Waals surface area contributed by atoms with Crippen LogP contribution in [0.1, 0.15) is 26.7 Å². The van der Waals surface area contributed by atoms with Crippen LogP contribution in [0.25, 0.3) is 0 Å². The molecule has 1 aliphatic heterocycles. The monoisotopic (exact) mass is 229 g/mol. The number of hydrogen-bond donors (Lipinski definition) is 0. The number of likely N-dealkylation sites (tertiary alicyclic amines) is 1. The number of amides is 1. The largest absolute Gasteiger partial charge is 0.459 e. The molecule has 0 bridgehead atoms. The summed E-state index contributed by atoms with van der Waals surface area (Å²) in [7, 11) is 0. The number of rotatable bonds is 3. The summed E-state index contributed by atoms with van der Waals surface area (Å²) in [6, 6.07) is 0. The second-order valence-corrected chi connectivity index (χ2v) is 3.67. The van der Waals surface area contributed by atoms with Gasteiger partial charge >= 0.3 is 11.9 Å². The molecule has 1 amide bonds. The highest BCUT2D eigenvalue weighted by Crippen LogP contribution is 2.13. The minimum absolute atomic E-state index is 0.219. The van der Waals surface area contributed by atoms with Crippen LogP contribution in [0.15, 0.2) is 0 Å². The molecule has 0 aromatic rings. The van der Waals surface area contributed by atoms with E-state index < -0.39 is 11.9 Å². The molecule has 0 aliphatic carbocycles. The molecule has 0 unspecified atom stereocenters. The quantitative estimate of drug-likeness (QED) is 0.524. The van der Waals surface area contributed by atoms with E-state index in [1.807, 2.05) is 6.92 Å². The van der Waals surface area contributed by atoms with Crippen LogP contribution in [0.3, 0.4) is 0 Å². The number of carbonyl (C=O) groups is 2. The van der Waals surface area contributed by atoms with E-state index in [-0.39, 0.29) is 12.7 Å². The number of carbonyl (C=O) groups excluding carboxylic acids is 2. The molecule has 0 aromatic heterocycles. The predicted octanol–water partition coefficient (Wildman–Crippen LogP) is 0.577. The molecule has 0 N–H and O–H groups in total. The van der Waals surface area contributed by atoms with Gasteiger partial charge in [-0.05, 0) is 26.7 Å². The van der Waals surface area contributed by atoms with Crippen LogP contribution in [0, 0.1) is 0 Å². The normalized spacial score (nSPS) is 17.2. The van der Waals surface area contributed by atoms with Crippen molar-refractivity contribution in [3.63, 3.8) is 0 Å². The summed E-state index contributed by atoms with van der Waals surface area (Å²) in [6.45, 7) is 5.71. The molecule has 16 heavy (non-hydrogen) atoms. The molecule has 0 atom stereocenters. The minimum atomic E-state index is -0.752. The van der Waals surface area contributed by atoms with Crippen molar-refractivity contribution in [1.29, 1.82) is 0 Å². The van der Waals surface area contributed by atoms with Gasteiger partial charge in [0.05, 0.1) is 12.7 Å². The molecule has 1 fully saturated rings. The average Bonchev–Trinajstić information content (AvgIpc) is 2.30. The van der Waals surface area contributed by atoms with Crippen molar-refractivity contribution in [2.24, 2.45) is 0 Å². The lowest BCUT2D eigenvalue weighted by molar-refractivity contribution is -0.161. The Morgan fingerprint density at radius 3 is 2.31 bits per heavy atom. The van der Waals surface area contributed by atoms with E-state index in [9.17, 15) is 9.59 Å². The first-order valence-corrected chi connectivity index (χ1v) is 5.76. The first-order chi connectivity index (χ1) is 7.69. The minimum Gasteiger partial charge on any atom is -0.459 e. The third kappa shape index (κ3) is 3.48. The standard InChI is InChI=1S/C11H19NO4/c1-3-15-9-5-7-12(8-6-9)10(13)11(14)16-4-2/h9H,3-8H2,1-2H3. The summed E-state index contributed by atoms with van der Waals surface area (Å²) >= 11 is 0. The van der Waals surface area contributed by atoms with E-state index in [0.717, 1.165) is 12.8 Å². The third-order valence-corrected chi connectivity index (χ3v) is 2.58. The second-order valence-electron chi connectivity index (χ2n) is 3.67. The summed E-state index contributed by atoms with van der Waals surface area (Å²) < 4.78 is 10.1. The Hall–Kier alpha value is -1.10. The van der Waals surface area contributed by atoms with Crippen molar-refractivity contribution in [3.05, 3.63) is 0 Å². The van der Waals surface area contributed by atoms with E-state index >= 15 is 0 Å². The number of hydrogen-bond acceptors (Lipinski definition) is 4. The highest BCUT2D eigenvalue weighted by atomic mass is 16.5. The first kappa shape index (κ1) is 13.0. The van der Waals surface area contributed by atoms with Gasteiger partial charge in [-0.15, -0.1) is 0 Å². The van der Waals surface area contributed by atoms with E-state index in [4.69, 9.17) is 4.74 Å². The smallest absolute Gasteiger partial charge is 0.397 e. The molecule has 5 heteroatoms. The fourth-order valence-electron chi connectivity index (χ4n) is 1.78. The van der Waals surface area contributed by atoms with Gasteiger partial charge in [0.1, 0.15) is 0 Å². The Bertz CT molecular complexity index is 246. The molecule has 0 aromatic carbocycles. The van der Waals surface area contributed by atoms with E-state index in [1.165, 1.54) is 4.90 Å². The van der Waals surface area contributed by atoms with Crippen molar-refractivity contribution in [1.82, 2.24) is 4.90 Å². The third-order valence-electron chi connectivity index (χ3n) is 2.58. The van der Waals surface area contributed by atoms with Gasteiger partial charge in [-0.3, -0.25) is 4.79 Å². The van der Waals surface area contributed by atoms with E-state index in [2.05, 4.69) is 4.74 Å². The Balaban J connectivity index is 2.35. The average molecular weight is 229 g/mol. The lowest BCUT2D eigenvalue weighted by Gasteiger charge is -2.30. The van der Waals surface area contributed by atoms with Crippen LogP contribution in [0.2, 0.25) is 0 Å². The molecule has 1 aliphatic rings. The van der Waals surface area contributed by atoms with Crippen LogP contribution in [-0.2, 0) is 19.1 Å². The maximum atomic E-state index is 11.6. The zero-order valence-electron chi connectivity index (χ0n) is 9.90. The summed E-state index contributed by atoms with van der Waals surface area (Å²) in [6.07, 6.45) is 1.80. The Morgan fingerprint density at radius 1 is 1.19 bits per heavy atom. The Labute approximate surface area is 95.7 Å². The number of esters is 1. The Kier molecular flexibility index (Phi) is 5.25. The highest BCUT2D eigenvalue weighted by molar-refractivity contribution is 6.32. The molecule has 5 nitrogen and oxygen atoms in total. The zero-order valence-corrected chi connectivity index (χ0v) is 9.90. The molecule has 1 rings (SSSR count). The van der Waals surface area contributed by atoms with Gasteiger partial charge in [0.2, 0.25) is 0 Å². The van der Waals surface area contributed by atoms with Crippen molar-refractivity contribution in [3.8, 4) is 0 Å². The lowest BCUT2D eigenvalue weighted by atomic mass is 10.1. The predicted molar refractivity (Wildman–Crippen MR) is 57.9 cm³/mol. The van der Waals surface area contributed by atoms with Crippen molar-refractivity contribution in [2.45, 2.75) is 32.8 Å². The Morgan fingerprint density at radius 2 is 1.81 bits per heavy atom. The molecular weight excluding hydrogens is 210 g/mol. The van der Waals surface area contributed by atoms with Crippen LogP contribution < -0.4 is 0 Å². The van der Waals surface area contributed by atoms with E-state index in [0.29, 0.717) is 19.7 Å². The number of nitrogens with zero attached hydrogens (tertiary/aromatic N) is 1. The molecule has 0 spiro atoms. The molecule has 1 heterocycles. The maximum absolute atomic E-state index is 11.6. The van der Waals surface area contributed by atoms with Crippen molar-refractivity contribution >= 4 is 11.9 Å². The van der Waals surface area contributed by atoms with Crippen LogP contribution in [0.4, 0.5) is 0 Å². The van der Waals surface area contributed by atoms with Crippen LogP contribution >= 0.6 is 0 Å². The zero-order chi connectivity index (χ0) is 12.0. The topological polar surface area (TPSA) is 55.8 Å². The molecule has 0 radical (unpaired) electrons. The maximum Gasteiger partial charge on any atom is 0.397 e. The highest BCUT2D eigenvalue weighted by Gasteiger charge is 2.27.